The van der Waals surface area contributed by atoms with E-state index in [0.29, 0.717) is 0 Å². The summed E-state index contributed by atoms with van der Waals surface area (Å²) in [4.78, 5) is 12.1. The van der Waals surface area contributed by atoms with Gasteiger partial charge in [-0.2, -0.15) is 13.2 Å². The molecule has 2 rings (SSSR count). The van der Waals surface area contributed by atoms with Gasteiger partial charge in [-0.3, -0.25) is 10.1 Å². The van der Waals surface area contributed by atoms with Crippen LogP contribution in [0.4, 0.5) is 18.9 Å². The Morgan fingerprint density at radius 1 is 1.00 bits per heavy atom. The van der Waals surface area contributed by atoms with Gasteiger partial charge in [-0.1, -0.05) is 40.9 Å². The number of rotatable bonds is 7. The van der Waals surface area contributed by atoms with Crippen molar-refractivity contribution in [3.63, 3.8) is 0 Å². The van der Waals surface area contributed by atoms with Gasteiger partial charge in [-0.05, 0) is 29.8 Å². The summed E-state index contributed by atoms with van der Waals surface area (Å²) in [5, 5.41) is 5.00. The number of benzene rings is 2. The molecule has 0 saturated heterocycles. The lowest BCUT2D eigenvalue weighted by Crippen LogP contribution is -2.38. The lowest BCUT2D eigenvalue weighted by Gasteiger charge is -2.23. The molecule has 0 spiro atoms. The van der Waals surface area contributed by atoms with E-state index in [1.807, 2.05) is 0 Å². The van der Waals surface area contributed by atoms with E-state index in [-0.39, 0.29) is 37.8 Å². The summed E-state index contributed by atoms with van der Waals surface area (Å²) in [6.45, 7) is -0.644. The van der Waals surface area contributed by atoms with Crippen LogP contribution in [0.5, 0.6) is 11.5 Å². The first kappa shape index (κ1) is 23.4. The van der Waals surface area contributed by atoms with Gasteiger partial charge in [-0.25, -0.2) is 0 Å². The molecule has 1 unspecified atom stereocenters. The van der Waals surface area contributed by atoms with Crippen LogP contribution in [0.1, 0.15) is 11.6 Å². The Kier molecular flexibility index (Phi) is 7.87. The Bertz CT molecular complexity index is 895. The Hall–Kier alpha value is -1.87. The molecule has 29 heavy (non-hydrogen) atoms. The van der Waals surface area contributed by atoms with E-state index in [1.165, 1.54) is 44.6 Å². The van der Waals surface area contributed by atoms with Gasteiger partial charge in [0.2, 0.25) is 5.91 Å². The molecule has 0 aliphatic rings. The number of nitrogens with one attached hydrogen (secondary N) is 2. The van der Waals surface area contributed by atoms with Crippen molar-refractivity contribution in [2.75, 3.05) is 26.1 Å². The Morgan fingerprint density at radius 3 is 2.21 bits per heavy atom. The Morgan fingerprint density at radius 2 is 1.62 bits per heavy atom. The first-order valence-corrected chi connectivity index (χ1v) is 9.16. The van der Waals surface area contributed by atoms with Crippen LogP contribution in [-0.2, 0) is 4.79 Å². The fraction of sp³-hybridized carbons (Fsp3) is 0.278. The summed E-state index contributed by atoms with van der Waals surface area (Å²) in [6.07, 6.45) is -4.67. The van der Waals surface area contributed by atoms with Gasteiger partial charge < -0.3 is 14.8 Å². The number of alkyl halides is 3. The smallest absolute Gasteiger partial charge is 0.407 e. The standard InChI is InChI=1S/C18H16Cl3F3N2O3/c1-28-14-4-3-9(5-15(14)29-2)17(18(22,23)24)25-8-16(27)26-13-7-11(20)10(19)6-12(13)21/h3-7,17,25H,8H2,1-2H3,(H,26,27). The van der Waals surface area contributed by atoms with Crippen LogP contribution < -0.4 is 20.1 Å². The summed E-state index contributed by atoms with van der Waals surface area (Å²) in [5.74, 6) is -0.336. The van der Waals surface area contributed by atoms with Gasteiger partial charge in [0.1, 0.15) is 6.04 Å². The Labute approximate surface area is 180 Å². The fourth-order valence-electron chi connectivity index (χ4n) is 2.46. The number of hydrogen-bond donors (Lipinski definition) is 2. The van der Waals surface area contributed by atoms with Crippen molar-refractivity contribution in [2.45, 2.75) is 12.2 Å². The van der Waals surface area contributed by atoms with Gasteiger partial charge >= 0.3 is 6.18 Å². The SMILES string of the molecule is COc1ccc(C(NCC(=O)Nc2cc(Cl)c(Cl)cc2Cl)C(F)(F)F)cc1OC. The molecule has 0 aromatic heterocycles. The topological polar surface area (TPSA) is 59.6 Å². The van der Waals surface area contributed by atoms with Crippen LogP contribution in [0, 0.1) is 0 Å². The average molecular weight is 472 g/mol. The fourth-order valence-corrected chi connectivity index (χ4v) is 3.06. The largest absolute Gasteiger partial charge is 0.493 e. The number of amides is 1. The summed E-state index contributed by atoms with van der Waals surface area (Å²) >= 11 is 17.6. The summed E-state index contributed by atoms with van der Waals surface area (Å²) in [5.41, 5.74) is -0.0157. The predicted molar refractivity (Wildman–Crippen MR) is 106 cm³/mol. The van der Waals surface area contributed by atoms with E-state index in [9.17, 15) is 18.0 Å². The highest BCUT2D eigenvalue weighted by molar-refractivity contribution is 6.44. The zero-order valence-corrected chi connectivity index (χ0v) is 17.4. The number of halogens is 6. The van der Waals surface area contributed by atoms with Gasteiger partial charge in [0, 0.05) is 0 Å². The van der Waals surface area contributed by atoms with E-state index in [2.05, 4.69) is 10.6 Å². The molecular weight excluding hydrogens is 456 g/mol. The minimum absolute atomic E-state index is 0.0972. The molecule has 5 nitrogen and oxygen atoms in total. The van der Waals surface area contributed by atoms with Crippen LogP contribution in [0.15, 0.2) is 30.3 Å². The maximum absolute atomic E-state index is 13.5. The van der Waals surface area contributed by atoms with Crippen molar-refractivity contribution in [3.8, 4) is 11.5 Å². The molecule has 158 valence electrons. The molecule has 2 aromatic carbocycles. The molecule has 11 heteroatoms. The molecule has 1 amide bonds. The second kappa shape index (κ2) is 9.75. The number of methoxy groups -OCH3 is 2. The minimum atomic E-state index is -4.67. The number of carbonyl (C=O) groups is 1. The third kappa shape index (κ3) is 6.05. The number of carbonyl (C=O) groups excluding carboxylic acids is 1. The van der Waals surface area contributed by atoms with Crippen molar-refractivity contribution in [1.29, 1.82) is 0 Å². The quantitative estimate of drug-likeness (QED) is 0.524. The normalized spacial score (nSPS) is 12.4. The molecule has 2 aromatic rings. The van der Waals surface area contributed by atoms with Crippen molar-refractivity contribution in [3.05, 3.63) is 51.0 Å². The van der Waals surface area contributed by atoms with E-state index in [1.54, 1.807) is 0 Å². The summed E-state index contributed by atoms with van der Waals surface area (Å²) in [7, 11) is 2.68. The maximum Gasteiger partial charge on any atom is 0.407 e. The molecule has 2 N–H and O–H groups in total. The van der Waals surface area contributed by atoms with E-state index in [0.717, 1.165) is 0 Å². The second-order valence-electron chi connectivity index (χ2n) is 5.76. The second-order valence-corrected chi connectivity index (χ2v) is 6.99. The van der Waals surface area contributed by atoms with Gasteiger partial charge in [0.25, 0.3) is 0 Å². The van der Waals surface area contributed by atoms with Gasteiger partial charge in [0.05, 0.1) is 41.5 Å². The molecule has 0 radical (unpaired) electrons. The summed E-state index contributed by atoms with van der Waals surface area (Å²) in [6, 6.07) is 4.29. The van der Waals surface area contributed by atoms with E-state index < -0.39 is 24.7 Å². The molecule has 0 aliphatic carbocycles. The molecule has 0 heterocycles. The van der Waals surface area contributed by atoms with Crippen molar-refractivity contribution in [2.24, 2.45) is 0 Å². The van der Waals surface area contributed by atoms with Crippen molar-refractivity contribution in [1.82, 2.24) is 5.32 Å². The third-order valence-electron chi connectivity index (χ3n) is 3.82. The monoisotopic (exact) mass is 470 g/mol. The molecule has 0 fully saturated rings. The van der Waals surface area contributed by atoms with E-state index >= 15 is 0 Å². The van der Waals surface area contributed by atoms with Crippen LogP contribution in [0.2, 0.25) is 15.1 Å². The lowest BCUT2D eigenvalue weighted by molar-refractivity contribution is -0.158. The van der Waals surface area contributed by atoms with Crippen molar-refractivity contribution >= 4 is 46.4 Å². The van der Waals surface area contributed by atoms with Crippen LogP contribution >= 0.6 is 34.8 Å². The third-order valence-corrected chi connectivity index (χ3v) is 4.85. The molecule has 0 saturated carbocycles. The number of anilines is 1. The van der Waals surface area contributed by atoms with Crippen LogP contribution in [0.3, 0.4) is 0 Å². The highest BCUT2D eigenvalue weighted by Gasteiger charge is 2.41. The molecule has 0 aliphatic heterocycles. The highest BCUT2D eigenvalue weighted by Crippen LogP contribution is 2.37. The van der Waals surface area contributed by atoms with E-state index in [4.69, 9.17) is 44.3 Å². The first-order valence-electron chi connectivity index (χ1n) is 8.03. The molecule has 1 atom stereocenters. The minimum Gasteiger partial charge on any atom is -0.493 e. The van der Waals surface area contributed by atoms with Crippen LogP contribution in [-0.4, -0.2) is 32.8 Å². The molecular formula is C18H16Cl3F3N2O3. The lowest BCUT2D eigenvalue weighted by atomic mass is 10.1. The van der Waals surface area contributed by atoms with Crippen molar-refractivity contribution < 1.29 is 27.4 Å². The summed E-state index contributed by atoms with van der Waals surface area (Å²) < 4.78 is 50.7. The highest BCUT2D eigenvalue weighted by atomic mass is 35.5. The molecule has 0 bridgehead atoms. The average Bonchev–Trinajstić information content (AvgIpc) is 2.65. The zero-order valence-electron chi connectivity index (χ0n) is 15.2. The van der Waals surface area contributed by atoms with Crippen LogP contribution in [0.25, 0.3) is 0 Å². The first-order chi connectivity index (χ1) is 13.6. The number of hydrogen-bond acceptors (Lipinski definition) is 4. The zero-order chi connectivity index (χ0) is 21.8. The predicted octanol–water partition coefficient (Wildman–Crippen LogP) is 5.50. The van der Waals surface area contributed by atoms with Gasteiger partial charge in [-0.15, -0.1) is 0 Å². The maximum atomic E-state index is 13.5. The van der Waals surface area contributed by atoms with Gasteiger partial charge in [0.15, 0.2) is 11.5 Å². The number of ether oxygens (including phenoxy) is 2. The Balaban J connectivity index is 2.16.